The third kappa shape index (κ3) is 5.80. The Morgan fingerprint density at radius 1 is 1.09 bits per heavy atom. The van der Waals surface area contributed by atoms with Crippen LogP contribution in [0.2, 0.25) is 0 Å². The lowest BCUT2D eigenvalue weighted by atomic mass is 9.98. The molecule has 1 aliphatic carbocycles. The molecule has 3 N–H and O–H groups in total. The number of alkyl carbamates (subject to hydrolysis) is 1. The van der Waals surface area contributed by atoms with E-state index in [2.05, 4.69) is 34.6 Å². The predicted octanol–water partition coefficient (Wildman–Crippen LogP) is 3.45. The first-order valence-corrected chi connectivity index (χ1v) is 10.6. The number of amides is 2. The molecule has 1 atom stereocenters. The summed E-state index contributed by atoms with van der Waals surface area (Å²) in [4.78, 5) is 35.9. The Morgan fingerprint density at radius 3 is 2.27 bits per heavy atom. The van der Waals surface area contributed by atoms with Gasteiger partial charge in [-0.3, -0.25) is 4.79 Å². The molecule has 0 aliphatic heterocycles. The van der Waals surface area contributed by atoms with Crippen LogP contribution in [0.1, 0.15) is 37.3 Å². The monoisotopic (exact) mass is 446 g/mol. The predicted molar refractivity (Wildman–Crippen MR) is 124 cm³/mol. The van der Waals surface area contributed by atoms with Gasteiger partial charge in [0.25, 0.3) is 0 Å². The number of carbonyl (C=O) groups excluding carboxylic acids is 2. The molecule has 7 heteroatoms. The molecule has 33 heavy (non-hydrogen) atoms. The van der Waals surface area contributed by atoms with E-state index in [4.69, 9.17) is 9.84 Å². The smallest absolute Gasteiger partial charge is 0.407 e. The lowest BCUT2D eigenvalue weighted by Gasteiger charge is -2.18. The molecule has 0 heterocycles. The molecule has 0 spiro atoms. The van der Waals surface area contributed by atoms with Gasteiger partial charge in [0.1, 0.15) is 12.6 Å². The van der Waals surface area contributed by atoms with Crippen molar-refractivity contribution in [3.05, 3.63) is 71.3 Å². The quantitative estimate of drug-likeness (QED) is 0.426. The SMILES string of the molecule is CC#CCC(NC(=O)OCC1c2ccccc2-c2ccccc21)C(=O)NC/C=C(\C)C(=O)O. The van der Waals surface area contributed by atoms with Gasteiger partial charge in [0, 0.05) is 24.5 Å². The molecule has 2 aromatic rings. The van der Waals surface area contributed by atoms with E-state index in [-0.39, 0.29) is 31.1 Å². The third-order valence-corrected chi connectivity index (χ3v) is 5.46. The Labute approximate surface area is 192 Å². The highest BCUT2D eigenvalue weighted by molar-refractivity contribution is 5.87. The summed E-state index contributed by atoms with van der Waals surface area (Å²) in [6.07, 6.45) is 0.775. The van der Waals surface area contributed by atoms with Gasteiger partial charge >= 0.3 is 12.1 Å². The van der Waals surface area contributed by atoms with Gasteiger partial charge in [-0.15, -0.1) is 11.8 Å². The first-order chi connectivity index (χ1) is 15.9. The molecule has 2 aromatic carbocycles. The van der Waals surface area contributed by atoms with Crippen LogP contribution in [-0.4, -0.2) is 42.3 Å². The van der Waals surface area contributed by atoms with Gasteiger partial charge in [-0.25, -0.2) is 9.59 Å². The van der Waals surface area contributed by atoms with Crippen molar-refractivity contribution in [2.45, 2.75) is 32.2 Å². The van der Waals surface area contributed by atoms with E-state index in [0.717, 1.165) is 22.3 Å². The van der Waals surface area contributed by atoms with E-state index in [1.165, 1.54) is 13.0 Å². The number of carboxylic acids is 1. The van der Waals surface area contributed by atoms with Crippen LogP contribution in [-0.2, 0) is 14.3 Å². The number of carbonyl (C=O) groups is 3. The molecule has 170 valence electrons. The summed E-state index contributed by atoms with van der Waals surface area (Å²) < 4.78 is 5.51. The lowest BCUT2D eigenvalue weighted by molar-refractivity contribution is -0.132. The van der Waals surface area contributed by atoms with Gasteiger partial charge in [-0.2, -0.15) is 0 Å². The minimum Gasteiger partial charge on any atom is -0.478 e. The summed E-state index contributed by atoms with van der Waals surface area (Å²) in [5, 5.41) is 14.1. The Balaban J connectivity index is 1.62. The van der Waals surface area contributed by atoms with E-state index in [1.54, 1.807) is 6.92 Å². The second kappa shape index (κ2) is 11.0. The van der Waals surface area contributed by atoms with Gasteiger partial charge in [0.2, 0.25) is 5.91 Å². The van der Waals surface area contributed by atoms with Crippen molar-refractivity contribution in [1.29, 1.82) is 0 Å². The number of rotatable bonds is 8. The number of ether oxygens (including phenoxy) is 1. The van der Waals surface area contributed by atoms with E-state index < -0.39 is 24.0 Å². The second-order valence-corrected chi connectivity index (χ2v) is 7.59. The number of fused-ring (bicyclic) bond motifs is 3. The minimum atomic E-state index is -1.06. The molecule has 0 aromatic heterocycles. The zero-order chi connectivity index (χ0) is 23.8. The number of benzene rings is 2. The first kappa shape index (κ1) is 23.6. The number of hydrogen-bond donors (Lipinski definition) is 3. The van der Waals surface area contributed by atoms with Crippen LogP contribution in [0.15, 0.2) is 60.2 Å². The fourth-order valence-corrected chi connectivity index (χ4v) is 3.71. The van der Waals surface area contributed by atoms with Crippen LogP contribution in [0.3, 0.4) is 0 Å². The van der Waals surface area contributed by atoms with Crippen molar-refractivity contribution in [3.8, 4) is 23.0 Å². The van der Waals surface area contributed by atoms with Crippen molar-refractivity contribution in [2.24, 2.45) is 0 Å². The van der Waals surface area contributed by atoms with Crippen LogP contribution in [0.5, 0.6) is 0 Å². The molecular weight excluding hydrogens is 420 g/mol. The molecule has 0 bridgehead atoms. The largest absolute Gasteiger partial charge is 0.478 e. The fraction of sp³-hybridized carbons (Fsp3) is 0.269. The Kier molecular flexibility index (Phi) is 7.87. The summed E-state index contributed by atoms with van der Waals surface area (Å²) in [5.74, 6) is 3.87. The minimum absolute atomic E-state index is 0.0272. The summed E-state index contributed by atoms with van der Waals surface area (Å²) >= 11 is 0. The van der Waals surface area contributed by atoms with E-state index in [1.807, 2.05) is 36.4 Å². The Bertz CT molecular complexity index is 1100. The van der Waals surface area contributed by atoms with Crippen LogP contribution < -0.4 is 10.6 Å². The maximum atomic E-state index is 12.5. The van der Waals surface area contributed by atoms with Crippen molar-refractivity contribution in [2.75, 3.05) is 13.2 Å². The molecule has 0 saturated heterocycles. The highest BCUT2D eigenvalue weighted by atomic mass is 16.5. The molecular formula is C26H26N2O5. The van der Waals surface area contributed by atoms with E-state index in [0.29, 0.717) is 0 Å². The first-order valence-electron chi connectivity index (χ1n) is 10.6. The zero-order valence-corrected chi connectivity index (χ0v) is 18.6. The average Bonchev–Trinajstić information content (AvgIpc) is 3.13. The number of hydrogen-bond acceptors (Lipinski definition) is 4. The topological polar surface area (TPSA) is 105 Å². The molecule has 1 aliphatic rings. The van der Waals surface area contributed by atoms with Crippen molar-refractivity contribution in [3.63, 3.8) is 0 Å². The number of nitrogens with one attached hydrogen (secondary N) is 2. The zero-order valence-electron chi connectivity index (χ0n) is 18.6. The molecule has 0 radical (unpaired) electrons. The summed E-state index contributed by atoms with van der Waals surface area (Å²) in [5.41, 5.74) is 4.56. The summed E-state index contributed by atoms with van der Waals surface area (Å²) in [7, 11) is 0. The molecule has 1 unspecified atom stereocenters. The van der Waals surface area contributed by atoms with Crippen molar-refractivity contribution >= 4 is 18.0 Å². The van der Waals surface area contributed by atoms with Crippen LogP contribution in [0.4, 0.5) is 4.79 Å². The Morgan fingerprint density at radius 2 is 1.70 bits per heavy atom. The standard InChI is InChI=1S/C26H26N2O5/c1-3-4-13-23(24(29)27-15-14-17(2)25(30)31)28-26(32)33-16-22-20-11-7-5-9-18(20)19-10-6-8-12-21(19)22/h5-12,14,22-23H,13,15-16H2,1-2H3,(H,27,29)(H,28,32)(H,30,31)/b17-14+. The second-order valence-electron chi connectivity index (χ2n) is 7.59. The molecule has 0 saturated carbocycles. The maximum Gasteiger partial charge on any atom is 0.407 e. The summed E-state index contributed by atoms with van der Waals surface area (Å²) in [6, 6.07) is 15.1. The molecule has 7 nitrogen and oxygen atoms in total. The lowest BCUT2D eigenvalue weighted by Crippen LogP contribution is -2.47. The van der Waals surface area contributed by atoms with E-state index in [9.17, 15) is 14.4 Å². The average molecular weight is 447 g/mol. The van der Waals surface area contributed by atoms with Gasteiger partial charge in [-0.05, 0) is 36.1 Å². The maximum absolute atomic E-state index is 12.5. The van der Waals surface area contributed by atoms with Gasteiger partial charge in [-0.1, -0.05) is 54.6 Å². The van der Waals surface area contributed by atoms with Gasteiger partial charge < -0.3 is 20.5 Å². The molecule has 0 fully saturated rings. The van der Waals surface area contributed by atoms with Crippen molar-refractivity contribution < 1.29 is 24.2 Å². The highest BCUT2D eigenvalue weighted by Crippen LogP contribution is 2.44. The fourth-order valence-electron chi connectivity index (χ4n) is 3.71. The van der Waals surface area contributed by atoms with Crippen LogP contribution in [0.25, 0.3) is 11.1 Å². The number of carboxylic acid groups (broad SMARTS) is 1. The van der Waals surface area contributed by atoms with Crippen molar-refractivity contribution in [1.82, 2.24) is 10.6 Å². The Hall–Kier alpha value is -4.05. The van der Waals surface area contributed by atoms with Gasteiger partial charge in [0.15, 0.2) is 0 Å². The number of aliphatic carboxylic acids is 1. The van der Waals surface area contributed by atoms with Crippen LogP contribution in [0, 0.1) is 11.8 Å². The normalized spacial score (nSPS) is 13.1. The third-order valence-electron chi connectivity index (χ3n) is 5.46. The van der Waals surface area contributed by atoms with Crippen LogP contribution >= 0.6 is 0 Å². The van der Waals surface area contributed by atoms with E-state index >= 15 is 0 Å². The highest BCUT2D eigenvalue weighted by Gasteiger charge is 2.29. The van der Waals surface area contributed by atoms with Gasteiger partial charge in [0.05, 0.1) is 0 Å². The molecule has 3 rings (SSSR count). The molecule has 2 amide bonds. The summed E-state index contributed by atoms with van der Waals surface area (Å²) in [6.45, 7) is 3.23.